The second-order valence-electron chi connectivity index (χ2n) is 12.6. The zero-order valence-electron chi connectivity index (χ0n) is 26.5. The van der Waals surface area contributed by atoms with Crippen LogP contribution in [0.4, 0.5) is 0 Å². The van der Waals surface area contributed by atoms with Gasteiger partial charge in [0.2, 0.25) is 0 Å². The molecule has 48 heavy (non-hydrogen) atoms. The van der Waals surface area contributed by atoms with Crippen LogP contribution in [-0.2, 0) is 0 Å². The fraction of sp³-hybridized carbons (Fsp3) is 0.0213. The molecule has 0 bridgehead atoms. The zero-order chi connectivity index (χ0) is 31.9. The Kier molecular flexibility index (Phi) is 6.95. The van der Waals surface area contributed by atoms with Gasteiger partial charge in [0.1, 0.15) is 0 Å². The van der Waals surface area contributed by atoms with E-state index < -0.39 is 0 Å². The minimum atomic E-state index is 0.0865. The van der Waals surface area contributed by atoms with Crippen molar-refractivity contribution in [2.24, 2.45) is 0 Å². The average molecular weight is 612 g/mol. The second kappa shape index (κ2) is 11.9. The number of fused-ring (bicyclic) bond motifs is 4. The van der Waals surface area contributed by atoms with E-state index in [4.69, 9.17) is 0 Å². The molecule has 9 aromatic rings. The number of hydrogen-bond donors (Lipinski definition) is 0. The number of nitrogens with zero attached hydrogens (tertiary/aromatic N) is 1. The van der Waals surface area contributed by atoms with E-state index in [0.717, 1.165) is 5.69 Å². The molecule has 0 aliphatic carbocycles. The standard InChI is InChI=1S/C47H33N/c1-4-12-33(13-5-1)40-26-28-43-44-29-27-41(32-46(44)48(45(43)31-40)42-18-8-3-9-19-42)47(36-15-6-2-7-16-36)37-23-20-35(21-24-37)39-25-22-34-14-10-11-17-38(34)30-39/h1-32,47H. The predicted octanol–water partition coefficient (Wildman–Crippen LogP) is 12.5. The number of rotatable bonds is 6. The molecule has 8 aromatic carbocycles. The van der Waals surface area contributed by atoms with Crippen molar-refractivity contribution in [3.8, 4) is 27.9 Å². The SMILES string of the molecule is c1ccc(-c2ccc3c4ccc(C(c5ccccc5)c5ccc(-c6ccc7ccccc7c6)cc5)cc4n(-c4ccccc4)c3c2)cc1. The first-order valence-corrected chi connectivity index (χ1v) is 16.6. The monoisotopic (exact) mass is 611 g/mol. The molecule has 0 saturated heterocycles. The number of para-hydroxylation sites is 1. The van der Waals surface area contributed by atoms with Gasteiger partial charge in [-0.15, -0.1) is 0 Å². The van der Waals surface area contributed by atoms with E-state index in [2.05, 4.69) is 199 Å². The van der Waals surface area contributed by atoms with E-state index in [1.165, 1.54) is 71.5 Å². The van der Waals surface area contributed by atoms with Crippen LogP contribution in [0.3, 0.4) is 0 Å². The summed E-state index contributed by atoms with van der Waals surface area (Å²) in [6.07, 6.45) is 0. The highest BCUT2D eigenvalue weighted by atomic mass is 15.0. The zero-order valence-corrected chi connectivity index (χ0v) is 26.5. The van der Waals surface area contributed by atoms with Crippen molar-refractivity contribution < 1.29 is 0 Å². The van der Waals surface area contributed by atoms with Crippen molar-refractivity contribution in [1.82, 2.24) is 4.57 Å². The lowest BCUT2D eigenvalue weighted by atomic mass is 9.84. The van der Waals surface area contributed by atoms with Crippen molar-refractivity contribution in [2.75, 3.05) is 0 Å². The Morgan fingerprint density at radius 3 is 1.56 bits per heavy atom. The van der Waals surface area contributed by atoms with Crippen LogP contribution in [0.25, 0.3) is 60.5 Å². The van der Waals surface area contributed by atoms with Gasteiger partial charge in [0.05, 0.1) is 11.0 Å². The number of hydrogen-bond acceptors (Lipinski definition) is 0. The van der Waals surface area contributed by atoms with E-state index in [0.29, 0.717) is 0 Å². The maximum Gasteiger partial charge on any atom is 0.0547 e. The second-order valence-corrected chi connectivity index (χ2v) is 12.6. The van der Waals surface area contributed by atoms with Gasteiger partial charge in [-0.2, -0.15) is 0 Å². The van der Waals surface area contributed by atoms with Gasteiger partial charge >= 0.3 is 0 Å². The van der Waals surface area contributed by atoms with Gasteiger partial charge in [0.15, 0.2) is 0 Å². The molecule has 0 fully saturated rings. The van der Waals surface area contributed by atoms with E-state index in [1.807, 2.05) is 0 Å². The quantitative estimate of drug-likeness (QED) is 0.165. The molecule has 0 spiro atoms. The van der Waals surface area contributed by atoms with Crippen LogP contribution in [0.1, 0.15) is 22.6 Å². The largest absolute Gasteiger partial charge is 0.309 e. The lowest BCUT2D eigenvalue weighted by molar-refractivity contribution is 0.978. The molecular formula is C47H33N. The predicted molar refractivity (Wildman–Crippen MR) is 203 cm³/mol. The van der Waals surface area contributed by atoms with Gasteiger partial charge in [-0.25, -0.2) is 0 Å². The Morgan fingerprint density at radius 2 is 0.812 bits per heavy atom. The summed E-state index contributed by atoms with van der Waals surface area (Å²) in [4.78, 5) is 0. The molecule has 1 aromatic heterocycles. The molecule has 0 aliphatic rings. The Labute approximate surface area is 281 Å². The molecule has 0 amide bonds. The van der Waals surface area contributed by atoms with E-state index >= 15 is 0 Å². The fourth-order valence-corrected chi connectivity index (χ4v) is 7.34. The smallest absolute Gasteiger partial charge is 0.0547 e. The fourth-order valence-electron chi connectivity index (χ4n) is 7.34. The first kappa shape index (κ1) is 28.1. The lowest BCUT2D eigenvalue weighted by Crippen LogP contribution is -2.04. The van der Waals surface area contributed by atoms with Crippen LogP contribution in [0, 0.1) is 0 Å². The Morgan fingerprint density at radius 1 is 0.312 bits per heavy atom. The van der Waals surface area contributed by atoms with Crippen LogP contribution in [0.2, 0.25) is 0 Å². The maximum absolute atomic E-state index is 2.44. The molecule has 0 aliphatic heterocycles. The third kappa shape index (κ3) is 4.98. The summed E-state index contributed by atoms with van der Waals surface area (Å²) in [7, 11) is 0. The van der Waals surface area contributed by atoms with Gasteiger partial charge in [-0.1, -0.05) is 164 Å². The normalized spacial score (nSPS) is 12.1. The molecule has 0 radical (unpaired) electrons. The summed E-state index contributed by atoms with van der Waals surface area (Å²) in [5, 5.41) is 5.05. The van der Waals surface area contributed by atoms with Crippen LogP contribution in [-0.4, -0.2) is 4.57 Å². The summed E-state index contributed by atoms with van der Waals surface area (Å²) in [6.45, 7) is 0. The minimum absolute atomic E-state index is 0.0865. The van der Waals surface area contributed by atoms with Gasteiger partial charge in [0, 0.05) is 22.4 Å². The van der Waals surface area contributed by atoms with Gasteiger partial charge in [-0.3, -0.25) is 0 Å². The van der Waals surface area contributed by atoms with Crippen molar-refractivity contribution in [2.45, 2.75) is 5.92 Å². The van der Waals surface area contributed by atoms with Crippen LogP contribution >= 0.6 is 0 Å². The van der Waals surface area contributed by atoms with Crippen molar-refractivity contribution in [3.63, 3.8) is 0 Å². The first-order chi connectivity index (χ1) is 23.8. The number of aromatic nitrogens is 1. The maximum atomic E-state index is 2.44. The van der Waals surface area contributed by atoms with E-state index in [1.54, 1.807) is 0 Å². The average Bonchev–Trinajstić information content (AvgIpc) is 3.49. The molecule has 0 N–H and O–H groups in total. The summed E-state index contributed by atoms with van der Waals surface area (Å²) in [5.41, 5.74) is 12.3. The topological polar surface area (TPSA) is 4.93 Å². The highest BCUT2D eigenvalue weighted by Gasteiger charge is 2.20. The van der Waals surface area contributed by atoms with Crippen LogP contribution in [0.15, 0.2) is 194 Å². The van der Waals surface area contributed by atoms with Crippen molar-refractivity contribution in [1.29, 1.82) is 0 Å². The summed E-state index contributed by atoms with van der Waals surface area (Å²) < 4.78 is 2.44. The first-order valence-electron chi connectivity index (χ1n) is 16.6. The lowest BCUT2D eigenvalue weighted by Gasteiger charge is -2.20. The Bertz CT molecular complexity index is 2530. The highest BCUT2D eigenvalue weighted by Crippen LogP contribution is 2.39. The summed E-state index contributed by atoms with van der Waals surface area (Å²) in [5.74, 6) is 0.0865. The molecule has 226 valence electrons. The van der Waals surface area contributed by atoms with Gasteiger partial charge in [-0.05, 0) is 80.0 Å². The molecule has 9 rings (SSSR count). The van der Waals surface area contributed by atoms with Crippen molar-refractivity contribution >= 4 is 32.6 Å². The summed E-state index contributed by atoms with van der Waals surface area (Å²) >= 11 is 0. The van der Waals surface area contributed by atoms with Gasteiger partial charge in [0.25, 0.3) is 0 Å². The molecule has 1 unspecified atom stereocenters. The van der Waals surface area contributed by atoms with E-state index in [9.17, 15) is 0 Å². The molecular weight excluding hydrogens is 579 g/mol. The molecule has 1 heteroatoms. The number of benzene rings is 8. The molecule has 0 saturated carbocycles. The van der Waals surface area contributed by atoms with Crippen LogP contribution in [0.5, 0.6) is 0 Å². The van der Waals surface area contributed by atoms with Crippen LogP contribution < -0.4 is 0 Å². The third-order valence-electron chi connectivity index (χ3n) is 9.71. The molecule has 1 heterocycles. The van der Waals surface area contributed by atoms with Crippen molar-refractivity contribution in [3.05, 3.63) is 211 Å². The Hall–Kier alpha value is -6.18. The van der Waals surface area contributed by atoms with E-state index in [-0.39, 0.29) is 5.92 Å². The minimum Gasteiger partial charge on any atom is -0.309 e. The molecule has 1 atom stereocenters. The highest BCUT2D eigenvalue weighted by molar-refractivity contribution is 6.10. The third-order valence-corrected chi connectivity index (χ3v) is 9.71. The summed E-state index contributed by atoms with van der Waals surface area (Å²) in [6, 6.07) is 70.8. The van der Waals surface area contributed by atoms with Gasteiger partial charge < -0.3 is 4.57 Å². The molecule has 1 nitrogen and oxygen atoms in total. The Balaban J connectivity index is 1.21.